The zero-order valence-electron chi connectivity index (χ0n) is 14.9. The molecule has 134 valence electrons. The Morgan fingerprint density at radius 1 is 0.792 bits per heavy atom. The second kappa shape index (κ2) is 6.86. The van der Waals surface area contributed by atoms with Gasteiger partial charge in [0.25, 0.3) is 0 Å². The highest BCUT2D eigenvalue weighted by Crippen LogP contribution is 2.30. The topological polar surface area (TPSA) is 129 Å². The molecule has 0 saturated carbocycles. The third kappa shape index (κ3) is 6.64. The Morgan fingerprint density at radius 2 is 1.12 bits per heavy atom. The SMILES string of the molecule is CC(C)(C)OC(=O)Nc1cc(NC(=O)OC(C)(C)C)c(N)cc1N. The van der Waals surface area contributed by atoms with Gasteiger partial charge in [-0.3, -0.25) is 10.6 Å². The number of rotatable bonds is 2. The normalized spacial score (nSPS) is 11.6. The van der Waals surface area contributed by atoms with Crippen molar-refractivity contribution < 1.29 is 19.1 Å². The molecular formula is C16H26N4O4. The molecular weight excluding hydrogens is 312 g/mol. The lowest BCUT2D eigenvalue weighted by molar-refractivity contribution is 0.0625. The van der Waals surface area contributed by atoms with Crippen LogP contribution in [0.15, 0.2) is 12.1 Å². The summed E-state index contributed by atoms with van der Waals surface area (Å²) in [5.41, 5.74) is 11.4. The van der Waals surface area contributed by atoms with E-state index in [0.29, 0.717) is 0 Å². The number of anilines is 4. The van der Waals surface area contributed by atoms with Gasteiger partial charge in [0.15, 0.2) is 0 Å². The van der Waals surface area contributed by atoms with E-state index in [9.17, 15) is 9.59 Å². The fourth-order valence-electron chi connectivity index (χ4n) is 1.68. The van der Waals surface area contributed by atoms with Crippen molar-refractivity contribution >= 4 is 34.9 Å². The highest BCUT2D eigenvalue weighted by atomic mass is 16.6. The number of nitrogens with two attached hydrogens (primary N) is 2. The van der Waals surface area contributed by atoms with Gasteiger partial charge in [0.05, 0.1) is 22.7 Å². The summed E-state index contributed by atoms with van der Waals surface area (Å²) in [6, 6.07) is 2.87. The molecule has 0 heterocycles. The Bertz CT molecular complexity index is 579. The highest BCUT2D eigenvalue weighted by Gasteiger charge is 2.20. The number of nitrogens with one attached hydrogen (secondary N) is 2. The first-order valence-corrected chi connectivity index (χ1v) is 7.46. The number of hydrogen-bond donors (Lipinski definition) is 4. The van der Waals surface area contributed by atoms with Gasteiger partial charge in [-0.25, -0.2) is 9.59 Å². The summed E-state index contributed by atoms with van der Waals surface area (Å²) in [5, 5.41) is 5.04. The molecule has 1 aromatic rings. The summed E-state index contributed by atoms with van der Waals surface area (Å²) in [6.45, 7) is 10.5. The average Bonchev–Trinajstić information content (AvgIpc) is 2.30. The molecule has 0 aromatic heterocycles. The van der Waals surface area contributed by atoms with Crippen molar-refractivity contribution in [1.82, 2.24) is 0 Å². The van der Waals surface area contributed by atoms with Gasteiger partial charge in [-0.2, -0.15) is 0 Å². The van der Waals surface area contributed by atoms with Crippen LogP contribution in [0.1, 0.15) is 41.5 Å². The molecule has 24 heavy (non-hydrogen) atoms. The minimum absolute atomic E-state index is 0.244. The van der Waals surface area contributed by atoms with E-state index in [1.165, 1.54) is 12.1 Å². The number of carbonyl (C=O) groups is 2. The standard InChI is InChI=1S/C16H26N4O4/c1-15(2,3)23-13(21)19-11-8-12(10(18)7-9(11)17)20-14(22)24-16(4,5)6/h7-8H,17-18H2,1-6H3,(H,19,21)(H,20,22). The largest absolute Gasteiger partial charge is 0.444 e. The summed E-state index contributed by atoms with van der Waals surface area (Å²) < 4.78 is 10.3. The molecule has 0 spiro atoms. The van der Waals surface area contributed by atoms with E-state index >= 15 is 0 Å². The van der Waals surface area contributed by atoms with Crippen LogP contribution in [-0.4, -0.2) is 23.4 Å². The van der Waals surface area contributed by atoms with Crippen molar-refractivity contribution in [2.45, 2.75) is 52.7 Å². The molecule has 0 aliphatic carbocycles. The molecule has 0 atom stereocenters. The number of hydrogen-bond acceptors (Lipinski definition) is 6. The number of benzene rings is 1. The Hall–Kier alpha value is -2.64. The van der Waals surface area contributed by atoms with Crippen LogP contribution in [0, 0.1) is 0 Å². The molecule has 1 rings (SSSR count). The molecule has 8 heteroatoms. The van der Waals surface area contributed by atoms with E-state index in [2.05, 4.69) is 10.6 Å². The van der Waals surface area contributed by atoms with Crippen molar-refractivity contribution in [3.63, 3.8) is 0 Å². The summed E-state index contributed by atoms with van der Waals surface area (Å²) in [5.74, 6) is 0. The molecule has 2 amide bonds. The van der Waals surface area contributed by atoms with Gasteiger partial charge < -0.3 is 20.9 Å². The minimum Gasteiger partial charge on any atom is -0.444 e. The van der Waals surface area contributed by atoms with Crippen LogP contribution in [0.25, 0.3) is 0 Å². The first-order chi connectivity index (χ1) is 10.8. The summed E-state index contributed by atoms with van der Waals surface area (Å²) >= 11 is 0. The quantitative estimate of drug-likeness (QED) is 0.610. The van der Waals surface area contributed by atoms with Crippen LogP contribution < -0.4 is 22.1 Å². The Kier molecular flexibility index (Phi) is 5.54. The molecule has 0 fully saturated rings. The first-order valence-electron chi connectivity index (χ1n) is 7.46. The monoisotopic (exact) mass is 338 g/mol. The Balaban J connectivity index is 2.93. The summed E-state index contributed by atoms with van der Waals surface area (Å²) in [7, 11) is 0. The molecule has 0 bridgehead atoms. The Morgan fingerprint density at radius 3 is 1.42 bits per heavy atom. The zero-order valence-corrected chi connectivity index (χ0v) is 14.9. The van der Waals surface area contributed by atoms with E-state index in [1.807, 2.05) is 0 Å². The van der Waals surface area contributed by atoms with Gasteiger partial charge in [0.2, 0.25) is 0 Å². The summed E-state index contributed by atoms with van der Waals surface area (Å²) in [6.07, 6.45) is -1.33. The Labute approximate surface area is 141 Å². The van der Waals surface area contributed by atoms with Gasteiger partial charge in [-0.15, -0.1) is 0 Å². The van der Waals surface area contributed by atoms with Crippen LogP contribution in [0.4, 0.5) is 32.3 Å². The summed E-state index contributed by atoms with van der Waals surface area (Å²) in [4.78, 5) is 23.7. The van der Waals surface area contributed by atoms with Gasteiger partial charge >= 0.3 is 12.2 Å². The maximum atomic E-state index is 11.9. The molecule has 6 N–H and O–H groups in total. The molecule has 0 unspecified atom stereocenters. The van der Waals surface area contributed by atoms with Crippen molar-refractivity contribution in [2.75, 3.05) is 22.1 Å². The minimum atomic E-state index is -0.665. The fraction of sp³-hybridized carbons (Fsp3) is 0.500. The maximum Gasteiger partial charge on any atom is 0.412 e. The number of nitrogen functional groups attached to an aromatic ring is 2. The fourth-order valence-corrected chi connectivity index (χ4v) is 1.68. The second-order valence-corrected chi connectivity index (χ2v) is 7.28. The van der Waals surface area contributed by atoms with Gasteiger partial charge in [-0.05, 0) is 53.7 Å². The van der Waals surface area contributed by atoms with Crippen molar-refractivity contribution in [3.8, 4) is 0 Å². The van der Waals surface area contributed by atoms with Gasteiger partial charge in [-0.1, -0.05) is 0 Å². The maximum absolute atomic E-state index is 11.9. The third-order valence-electron chi connectivity index (χ3n) is 2.49. The second-order valence-electron chi connectivity index (χ2n) is 7.28. The number of amides is 2. The third-order valence-corrected chi connectivity index (χ3v) is 2.49. The molecule has 0 aliphatic rings. The molecule has 1 aromatic carbocycles. The van der Waals surface area contributed by atoms with Crippen LogP contribution in [0.3, 0.4) is 0 Å². The van der Waals surface area contributed by atoms with E-state index in [-0.39, 0.29) is 22.7 Å². The first kappa shape index (κ1) is 19.4. The van der Waals surface area contributed by atoms with Crippen LogP contribution in [-0.2, 0) is 9.47 Å². The molecule has 0 radical (unpaired) electrons. The van der Waals surface area contributed by atoms with Crippen LogP contribution in [0.5, 0.6) is 0 Å². The van der Waals surface area contributed by atoms with E-state index in [0.717, 1.165) is 0 Å². The van der Waals surface area contributed by atoms with Gasteiger partial charge in [0, 0.05) is 0 Å². The predicted octanol–water partition coefficient (Wildman–Crippen LogP) is 3.55. The van der Waals surface area contributed by atoms with E-state index < -0.39 is 23.4 Å². The zero-order chi connectivity index (χ0) is 18.7. The van der Waals surface area contributed by atoms with Crippen LogP contribution >= 0.6 is 0 Å². The molecule has 0 saturated heterocycles. The smallest absolute Gasteiger partial charge is 0.412 e. The van der Waals surface area contributed by atoms with Crippen molar-refractivity contribution in [3.05, 3.63) is 12.1 Å². The molecule has 0 aliphatic heterocycles. The number of ether oxygens (including phenoxy) is 2. The van der Waals surface area contributed by atoms with Crippen molar-refractivity contribution in [1.29, 1.82) is 0 Å². The van der Waals surface area contributed by atoms with Crippen molar-refractivity contribution in [2.24, 2.45) is 0 Å². The highest BCUT2D eigenvalue weighted by molar-refractivity contribution is 5.96. The van der Waals surface area contributed by atoms with E-state index in [4.69, 9.17) is 20.9 Å². The average molecular weight is 338 g/mol. The number of carbonyl (C=O) groups excluding carboxylic acids is 2. The van der Waals surface area contributed by atoms with E-state index in [1.54, 1.807) is 41.5 Å². The molecule has 8 nitrogen and oxygen atoms in total. The van der Waals surface area contributed by atoms with Gasteiger partial charge in [0.1, 0.15) is 11.2 Å². The lowest BCUT2D eigenvalue weighted by Crippen LogP contribution is -2.28. The predicted molar refractivity (Wildman–Crippen MR) is 95.0 cm³/mol. The lowest BCUT2D eigenvalue weighted by Gasteiger charge is -2.21. The lowest BCUT2D eigenvalue weighted by atomic mass is 10.2. The van der Waals surface area contributed by atoms with Crippen LogP contribution in [0.2, 0.25) is 0 Å².